The molecule has 284 valence electrons. The van der Waals surface area contributed by atoms with E-state index in [4.69, 9.17) is 9.47 Å². The molecule has 15 heteroatoms. The molecular formula is C38H49BrN8O6. The number of rotatable bonds is 9. The van der Waals surface area contributed by atoms with E-state index in [1.165, 1.54) is 6.08 Å². The van der Waals surface area contributed by atoms with E-state index >= 15 is 0 Å². The lowest BCUT2D eigenvalue weighted by atomic mass is 10.2. The van der Waals surface area contributed by atoms with Gasteiger partial charge in [0, 0.05) is 18.5 Å². The van der Waals surface area contributed by atoms with Crippen molar-refractivity contribution in [2.45, 2.75) is 80.4 Å². The Morgan fingerprint density at radius 1 is 0.736 bits per heavy atom. The van der Waals surface area contributed by atoms with Crippen LogP contribution in [0.4, 0.5) is 0 Å². The van der Waals surface area contributed by atoms with Crippen LogP contribution in [0.25, 0.3) is 17.5 Å². The van der Waals surface area contributed by atoms with Gasteiger partial charge in [0.05, 0.1) is 52.5 Å². The first-order valence-corrected chi connectivity index (χ1v) is 17.4. The summed E-state index contributed by atoms with van der Waals surface area (Å²) < 4.78 is 14.8. The molecule has 0 aliphatic rings. The summed E-state index contributed by atoms with van der Waals surface area (Å²) in [5.41, 5.74) is 5.28. The predicted octanol–water partition coefficient (Wildman–Crippen LogP) is 5.63. The molecule has 2 amide bonds. The van der Waals surface area contributed by atoms with Gasteiger partial charge in [-0.25, -0.2) is 15.0 Å². The van der Waals surface area contributed by atoms with Crippen LogP contribution in [-0.2, 0) is 28.7 Å². The highest BCUT2D eigenvalue weighted by molar-refractivity contribution is 9.10. The lowest BCUT2D eigenvalue weighted by molar-refractivity contribution is -0.155. The number of pyridine rings is 2. The zero-order valence-corrected chi connectivity index (χ0v) is 33.6. The van der Waals surface area contributed by atoms with Crippen molar-refractivity contribution in [1.29, 1.82) is 0 Å². The Morgan fingerprint density at radius 2 is 1.19 bits per heavy atom. The van der Waals surface area contributed by atoms with Crippen molar-refractivity contribution in [3.63, 3.8) is 0 Å². The zero-order chi connectivity index (χ0) is 39.9. The molecule has 4 aromatic rings. The van der Waals surface area contributed by atoms with Crippen molar-refractivity contribution in [3.05, 3.63) is 101 Å². The van der Waals surface area contributed by atoms with Crippen LogP contribution in [0.2, 0.25) is 0 Å². The lowest BCUT2D eigenvalue weighted by Crippen LogP contribution is -2.33. The predicted molar refractivity (Wildman–Crippen MR) is 206 cm³/mol. The number of ether oxygens (including phenoxy) is 2. The molecule has 0 aliphatic carbocycles. The smallest absolute Gasteiger partial charge is 0.325 e. The van der Waals surface area contributed by atoms with Crippen LogP contribution < -0.4 is 10.6 Å². The third kappa shape index (κ3) is 17.1. The summed E-state index contributed by atoms with van der Waals surface area (Å²) in [5, 5.41) is 4.81. The summed E-state index contributed by atoms with van der Waals surface area (Å²) in [5.74, 6) is -1.70. The Hall–Kier alpha value is -5.44. The van der Waals surface area contributed by atoms with Crippen molar-refractivity contribution in [2.24, 2.45) is 0 Å². The minimum absolute atomic E-state index is 0.123. The van der Waals surface area contributed by atoms with Crippen LogP contribution in [0.3, 0.4) is 0 Å². The third-order valence-corrected chi connectivity index (χ3v) is 6.77. The molecule has 0 fully saturated rings. The summed E-state index contributed by atoms with van der Waals surface area (Å²) in [7, 11) is 0. The maximum absolute atomic E-state index is 11.8. The van der Waals surface area contributed by atoms with Crippen molar-refractivity contribution in [1.82, 2.24) is 39.7 Å². The molecular weight excluding hydrogens is 744 g/mol. The van der Waals surface area contributed by atoms with Gasteiger partial charge in [-0.1, -0.05) is 6.58 Å². The highest BCUT2D eigenvalue weighted by Crippen LogP contribution is 2.16. The van der Waals surface area contributed by atoms with Crippen LogP contribution in [0.1, 0.15) is 70.0 Å². The van der Waals surface area contributed by atoms with Gasteiger partial charge in [-0.05, 0) is 122 Å². The molecule has 0 saturated heterocycles. The Kier molecular flexibility index (Phi) is 16.5. The second kappa shape index (κ2) is 20.0. The third-order valence-electron chi connectivity index (χ3n) is 6.33. The average molecular weight is 794 g/mol. The molecule has 2 N–H and O–H groups in total. The van der Waals surface area contributed by atoms with E-state index in [1.807, 2.05) is 73.5 Å². The summed E-state index contributed by atoms with van der Waals surface area (Å²) in [6.45, 7) is 21.3. The Balaban J connectivity index is 0.000000303. The van der Waals surface area contributed by atoms with Gasteiger partial charge >= 0.3 is 11.9 Å². The van der Waals surface area contributed by atoms with Gasteiger partial charge in [0.15, 0.2) is 0 Å². The molecule has 0 aliphatic heterocycles. The lowest BCUT2D eigenvalue weighted by Gasteiger charge is -2.19. The number of esters is 2. The molecule has 4 heterocycles. The quantitative estimate of drug-likeness (QED) is 0.123. The van der Waals surface area contributed by atoms with Gasteiger partial charge in [0.25, 0.3) is 0 Å². The molecule has 53 heavy (non-hydrogen) atoms. The van der Waals surface area contributed by atoms with E-state index < -0.39 is 23.1 Å². The van der Waals surface area contributed by atoms with Crippen LogP contribution in [0, 0.1) is 27.7 Å². The van der Waals surface area contributed by atoms with Crippen molar-refractivity contribution < 1.29 is 28.7 Å². The molecule has 0 atom stereocenters. The molecule has 4 aromatic heterocycles. The van der Waals surface area contributed by atoms with E-state index in [9.17, 15) is 19.2 Å². The van der Waals surface area contributed by atoms with E-state index in [0.29, 0.717) is 5.69 Å². The number of hydrogen-bond donors (Lipinski definition) is 2. The van der Waals surface area contributed by atoms with Gasteiger partial charge < -0.3 is 29.2 Å². The minimum Gasteiger partial charge on any atom is -0.459 e. The second-order valence-electron chi connectivity index (χ2n) is 13.6. The number of nitrogens with one attached hydrogen (secondary N) is 2. The van der Waals surface area contributed by atoms with Crippen molar-refractivity contribution in [2.75, 3.05) is 13.1 Å². The van der Waals surface area contributed by atoms with E-state index in [1.54, 1.807) is 60.3 Å². The minimum atomic E-state index is -0.575. The van der Waals surface area contributed by atoms with Crippen molar-refractivity contribution in [3.8, 4) is 11.4 Å². The van der Waals surface area contributed by atoms with Crippen LogP contribution in [0.15, 0.2) is 72.6 Å². The molecule has 0 spiro atoms. The molecule has 14 nitrogen and oxygen atoms in total. The highest BCUT2D eigenvalue weighted by Gasteiger charge is 2.17. The summed E-state index contributed by atoms with van der Waals surface area (Å²) in [4.78, 5) is 62.2. The SMILES string of the molecule is C=CC(=O)NCC(=O)OC(C)(C)C.Cc1cn(-c2ccc(/C=C/C(=O)NCC(=O)OC(C)(C)C)nc2C)cn1.Cc1cn(-c2ccc(Br)nc2C)cn1. The Bertz CT molecular complexity index is 1920. The van der Waals surface area contributed by atoms with Crippen LogP contribution >= 0.6 is 15.9 Å². The number of carbonyl (C=O) groups is 4. The topological polar surface area (TPSA) is 172 Å². The standard InChI is InChI=1S/C19H24N4O3.C10H10BrN3.C9H15NO3/c1-13-11-23(12-21-13)16-8-6-15(22-14(16)2)7-9-17(24)20-10-18(25)26-19(3,4)5;1-7-5-14(6-12-7)9-3-4-10(11)13-8(9)2;1-5-7(11)10-6-8(12)13-9(2,3)4/h6-9,11-12H,10H2,1-5H3,(H,20,24);3-6H,1-2H3;5H,1,6H2,2-4H3,(H,10,11)/b9-7+;;. The molecule has 0 unspecified atom stereocenters. The average Bonchev–Trinajstić information content (AvgIpc) is 3.68. The van der Waals surface area contributed by atoms with Gasteiger partial charge in [0.2, 0.25) is 11.8 Å². The number of imidazole rings is 2. The number of nitrogens with zero attached hydrogens (tertiary/aromatic N) is 6. The maximum atomic E-state index is 11.8. The van der Waals surface area contributed by atoms with Gasteiger partial charge in [-0.15, -0.1) is 0 Å². The van der Waals surface area contributed by atoms with Crippen LogP contribution in [-0.4, -0.2) is 77.1 Å². The van der Waals surface area contributed by atoms with E-state index in [0.717, 1.165) is 44.8 Å². The number of hydrogen-bond acceptors (Lipinski definition) is 10. The second-order valence-corrected chi connectivity index (χ2v) is 14.4. The van der Waals surface area contributed by atoms with Crippen molar-refractivity contribution >= 4 is 45.8 Å². The first-order valence-electron chi connectivity index (χ1n) is 16.6. The first-order chi connectivity index (χ1) is 24.6. The molecule has 0 bridgehead atoms. The fourth-order valence-electron chi connectivity index (χ4n) is 4.21. The monoisotopic (exact) mass is 792 g/mol. The molecule has 0 radical (unpaired) electrons. The summed E-state index contributed by atoms with van der Waals surface area (Å²) in [6.07, 6.45) is 11.5. The van der Waals surface area contributed by atoms with Crippen LogP contribution in [0.5, 0.6) is 0 Å². The maximum Gasteiger partial charge on any atom is 0.325 e. The zero-order valence-electron chi connectivity index (χ0n) is 32.0. The molecule has 0 aromatic carbocycles. The number of halogens is 1. The Labute approximate surface area is 319 Å². The number of amides is 2. The van der Waals surface area contributed by atoms with Gasteiger partial charge in [-0.2, -0.15) is 0 Å². The van der Waals surface area contributed by atoms with Gasteiger partial charge in [-0.3, -0.25) is 24.2 Å². The fraction of sp³-hybridized carbons (Fsp3) is 0.368. The van der Waals surface area contributed by atoms with E-state index in [-0.39, 0.29) is 24.9 Å². The number of carbonyl (C=O) groups excluding carboxylic acids is 4. The fourth-order valence-corrected chi connectivity index (χ4v) is 4.60. The number of aryl methyl sites for hydroxylation is 4. The van der Waals surface area contributed by atoms with E-state index in [2.05, 4.69) is 53.1 Å². The molecule has 4 rings (SSSR count). The summed E-state index contributed by atoms with van der Waals surface area (Å²) in [6, 6.07) is 7.68. The summed E-state index contributed by atoms with van der Waals surface area (Å²) >= 11 is 3.34. The largest absolute Gasteiger partial charge is 0.459 e. The Morgan fingerprint density at radius 3 is 1.58 bits per heavy atom. The molecule has 0 saturated carbocycles. The number of aromatic nitrogens is 6. The first kappa shape index (κ1) is 43.7. The van der Waals surface area contributed by atoms with Gasteiger partial charge in [0.1, 0.15) is 28.9 Å². The normalized spacial score (nSPS) is 11.0. The highest BCUT2D eigenvalue weighted by atomic mass is 79.9.